The predicted octanol–water partition coefficient (Wildman–Crippen LogP) is 1.65. The summed E-state index contributed by atoms with van der Waals surface area (Å²) in [5, 5.41) is 8.19. The Morgan fingerprint density at radius 3 is 3.00 bits per heavy atom. The summed E-state index contributed by atoms with van der Waals surface area (Å²) in [6.45, 7) is 2.06. The van der Waals surface area contributed by atoms with Crippen molar-refractivity contribution in [1.29, 1.82) is 0 Å². The zero-order valence-electron chi connectivity index (χ0n) is 9.88. The number of ketones is 1. The molecule has 0 saturated carbocycles. The molecular formula is C11H14N4OS. The van der Waals surface area contributed by atoms with Gasteiger partial charge in [0.15, 0.2) is 5.78 Å². The first kappa shape index (κ1) is 11.9. The van der Waals surface area contributed by atoms with E-state index in [1.165, 1.54) is 11.5 Å². The highest BCUT2D eigenvalue weighted by Gasteiger charge is 2.16. The normalized spacial score (nSPS) is 10.7. The maximum absolute atomic E-state index is 12.1. The van der Waals surface area contributed by atoms with E-state index >= 15 is 0 Å². The fourth-order valence-electron chi connectivity index (χ4n) is 1.62. The Morgan fingerprint density at radius 1 is 1.53 bits per heavy atom. The average Bonchev–Trinajstić information content (AvgIpc) is 2.88. The van der Waals surface area contributed by atoms with Crippen molar-refractivity contribution in [2.45, 2.75) is 26.2 Å². The summed E-state index contributed by atoms with van der Waals surface area (Å²) in [7, 11) is 1.84. The molecule has 0 unspecified atom stereocenters. The smallest absolute Gasteiger partial charge is 0.182 e. The van der Waals surface area contributed by atoms with Gasteiger partial charge in [-0.2, -0.15) is 5.10 Å². The molecule has 2 heterocycles. The highest BCUT2D eigenvalue weighted by atomic mass is 32.1. The van der Waals surface area contributed by atoms with Gasteiger partial charge in [-0.1, -0.05) is 17.8 Å². The van der Waals surface area contributed by atoms with Crippen LogP contribution in [0.25, 0.3) is 0 Å². The first-order valence-electron chi connectivity index (χ1n) is 5.53. The van der Waals surface area contributed by atoms with Crippen molar-refractivity contribution in [3.63, 3.8) is 0 Å². The number of aromatic nitrogens is 4. The third-order valence-corrected chi connectivity index (χ3v) is 3.22. The fourth-order valence-corrected chi connectivity index (χ4v) is 2.27. The molecule has 0 N–H and O–H groups in total. The molecule has 0 radical (unpaired) electrons. The van der Waals surface area contributed by atoms with Crippen LogP contribution in [0.4, 0.5) is 0 Å². The molecule has 17 heavy (non-hydrogen) atoms. The molecule has 2 aromatic heterocycles. The summed E-state index contributed by atoms with van der Waals surface area (Å²) in [5.41, 5.74) is 1.60. The quantitative estimate of drug-likeness (QED) is 0.757. The van der Waals surface area contributed by atoms with Crippen LogP contribution >= 0.6 is 11.5 Å². The molecular weight excluding hydrogens is 236 g/mol. The van der Waals surface area contributed by atoms with E-state index in [4.69, 9.17) is 0 Å². The highest BCUT2D eigenvalue weighted by Crippen LogP contribution is 2.15. The molecule has 6 heteroatoms. The number of carbonyl (C=O) groups excluding carboxylic acids is 1. The van der Waals surface area contributed by atoms with Crippen LogP contribution in [0.15, 0.2) is 12.3 Å². The van der Waals surface area contributed by atoms with Crippen LogP contribution in [-0.4, -0.2) is 25.2 Å². The predicted molar refractivity (Wildman–Crippen MR) is 65.1 cm³/mol. The van der Waals surface area contributed by atoms with Crippen LogP contribution in [0.5, 0.6) is 0 Å². The van der Waals surface area contributed by atoms with Crippen LogP contribution in [0.2, 0.25) is 0 Å². The molecule has 0 aliphatic carbocycles. The molecule has 0 amide bonds. The lowest BCUT2D eigenvalue weighted by Gasteiger charge is -1.97. The van der Waals surface area contributed by atoms with Crippen molar-refractivity contribution >= 4 is 17.3 Å². The Kier molecular flexibility index (Phi) is 3.63. The fraction of sp³-hybridized carbons (Fsp3) is 0.455. The highest BCUT2D eigenvalue weighted by molar-refractivity contribution is 7.08. The van der Waals surface area contributed by atoms with Crippen LogP contribution < -0.4 is 0 Å². The van der Waals surface area contributed by atoms with Gasteiger partial charge in [0.2, 0.25) is 0 Å². The third-order valence-electron chi connectivity index (χ3n) is 2.41. The summed E-state index contributed by atoms with van der Waals surface area (Å²) in [6, 6.07) is 1.85. The molecule has 0 aromatic carbocycles. The van der Waals surface area contributed by atoms with E-state index in [1.807, 2.05) is 19.3 Å². The van der Waals surface area contributed by atoms with E-state index in [0.717, 1.165) is 24.2 Å². The minimum atomic E-state index is 0.0575. The van der Waals surface area contributed by atoms with Gasteiger partial charge in [0, 0.05) is 13.2 Å². The lowest BCUT2D eigenvalue weighted by atomic mass is 10.1. The van der Waals surface area contributed by atoms with Crippen LogP contribution in [0.3, 0.4) is 0 Å². The number of aryl methyl sites for hydroxylation is 2. The zero-order valence-corrected chi connectivity index (χ0v) is 10.7. The van der Waals surface area contributed by atoms with Crippen LogP contribution in [0.1, 0.15) is 34.4 Å². The van der Waals surface area contributed by atoms with Gasteiger partial charge in [0.25, 0.3) is 0 Å². The second-order valence-electron chi connectivity index (χ2n) is 3.88. The SMILES string of the molecule is CCCc1nnsc1C(=O)Cc1ccn(C)n1. The van der Waals surface area contributed by atoms with Crippen molar-refractivity contribution in [2.24, 2.45) is 7.05 Å². The van der Waals surface area contributed by atoms with Crippen molar-refractivity contribution in [1.82, 2.24) is 19.4 Å². The van der Waals surface area contributed by atoms with Gasteiger partial charge in [-0.05, 0) is 24.0 Å². The minimum absolute atomic E-state index is 0.0575. The number of hydrogen-bond donors (Lipinski definition) is 0. The summed E-state index contributed by atoms with van der Waals surface area (Å²) < 4.78 is 5.55. The monoisotopic (exact) mass is 250 g/mol. The molecule has 0 spiro atoms. The Hall–Kier alpha value is -1.56. The largest absolute Gasteiger partial charge is 0.293 e. The Labute approximate surface area is 104 Å². The van der Waals surface area contributed by atoms with Gasteiger partial charge in [-0.3, -0.25) is 9.48 Å². The lowest BCUT2D eigenvalue weighted by molar-refractivity contribution is 0.0994. The molecule has 0 atom stereocenters. The number of hydrogen-bond acceptors (Lipinski definition) is 5. The number of rotatable bonds is 5. The molecule has 0 bridgehead atoms. The van der Waals surface area contributed by atoms with Crippen molar-refractivity contribution in [2.75, 3.05) is 0 Å². The Balaban J connectivity index is 2.11. The lowest BCUT2D eigenvalue weighted by Crippen LogP contribution is -2.05. The number of Topliss-reactive ketones (excluding diaryl/α,β-unsaturated/α-hetero) is 1. The van der Waals surface area contributed by atoms with Gasteiger partial charge in [0.1, 0.15) is 4.88 Å². The number of nitrogens with zero attached hydrogens (tertiary/aromatic N) is 4. The molecule has 0 saturated heterocycles. The molecule has 5 nitrogen and oxygen atoms in total. The van der Waals surface area contributed by atoms with Gasteiger partial charge in [-0.25, -0.2) is 0 Å². The summed E-state index contributed by atoms with van der Waals surface area (Å²) in [4.78, 5) is 12.7. The summed E-state index contributed by atoms with van der Waals surface area (Å²) >= 11 is 1.18. The molecule has 0 aliphatic rings. The Morgan fingerprint density at radius 2 is 2.35 bits per heavy atom. The average molecular weight is 250 g/mol. The molecule has 0 fully saturated rings. The third kappa shape index (κ3) is 2.76. The van der Waals surface area contributed by atoms with Crippen molar-refractivity contribution < 1.29 is 4.79 Å². The molecule has 90 valence electrons. The second kappa shape index (κ2) is 5.18. The van der Waals surface area contributed by atoms with Gasteiger partial charge in [0.05, 0.1) is 17.8 Å². The van der Waals surface area contributed by atoms with E-state index in [2.05, 4.69) is 21.6 Å². The van der Waals surface area contributed by atoms with E-state index in [0.29, 0.717) is 11.3 Å². The standard InChI is InChI=1S/C11H14N4OS/c1-3-4-9-11(17-14-12-9)10(16)7-8-5-6-15(2)13-8/h5-6H,3-4,7H2,1-2H3. The Bertz CT molecular complexity index is 517. The molecule has 2 aromatic rings. The number of carbonyl (C=O) groups is 1. The summed E-state index contributed by atoms with van der Waals surface area (Å²) in [6.07, 6.45) is 3.93. The van der Waals surface area contributed by atoms with Gasteiger partial charge >= 0.3 is 0 Å². The van der Waals surface area contributed by atoms with E-state index in [1.54, 1.807) is 4.68 Å². The molecule has 2 rings (SSSR count). The van der Waals surface area contributed by atoms with Crippen LogP contribution in [0, 0.1) is 0 Å². The first-order valence-corrected chi connectivity index (χ1v) is 6.31. The van der Waals surface area contributed by atoms with Gasteiger partial charge in [-0.15, -0.1) is 5.10 Å². The second-order valence-corrected chi connectivity index (χ2v) is 4.63. The van der Waals surface area contributed by atoms with Crippen molar-refractivity contribution in [3.05, 3.63) is 28.5 Å². The van der Waals surface area contributed by atoms with Crippen LogP contribution in [-0.2, 0) is 19.9 Å². The minimum Gasteiger partial charge on any atom is -0.293 e. The molecule has 0 aliphatic heterocycles. The first-order chi connectivity index (χ1) is 8.20. The maximum Gasteiger partial charge on any atom is 0.182 e. The van der Waals surface area contributed by atoms with E-state index < -0.39 is 0 Å². The topological polar surface area (TPSA) is 60.7 Å². The maximum atomic E-state index is 12.1. The van der Waals surface area contributed by atoms with Crippen molar-refractivity contribution in [3.8, 4) is 0 Å². The van der Waals surface area contributed by atoms with Gasteiger partial charge < -0.3 is 0 Å². The summed E-state index contributed by atoms with van der Waals surface area (Å²) in [5.74, 6) is 0.0575. The zero-order chi connectivity index (χ0) is 12.3. The van der Waals surface area contributed by atoms with E-state index in [9.17, 15) is 4.79 Å². The van der Waals surface area contributed by atoms with E-state index in [-0.39, 0.29) is 5.78 Å².